The SMILES string of the molecule is CC1CCCN1Cc1cc2cnc(NC(=O)c3ccc4ncccc4c3)cc2[nH]1. The van der Waals surface area contributed by atoms with E-state index in [0.717, 1.165) is 34.9 Å². The van der Waals surface area contributed by atoms with Gasteiger partial charge >= 0.3 is 0 Å². The molecule has 1 amide bonds. The number of nitrogens with one attached hydrogen (secondary N) is 2. The number of carbonyl (C=O) groups excluding carboxylic acids is 1. The van der Waals surface area contributed by atoms with Gasteiger partial charge in [0.15, 0.2) is 0 Å². The Labute approximate surface area is 169 Å². The number of carbonyl (C=O) groups is 1. The minimum Gasteiger partial charge on any atom is -0.357 e. The maximum atomic E-state index is 12.7. The van der Waals surface area contributed by atoms with E-state index in [9.17, 15) is 4.79 Å². The lowest BCUT2D eigenvalue weighted by Gasteiger charge is -2.19. The number of pyridine rings is 2. The van der Waals surface area contributed by atoms with Crippen LogP contribution in [0, 0.1) is 0 Å². The van der Waals surface area contributed by atoms with Crippen molar-refractivity contribution in [2.24, 2.45) is 0 Å². The molecule has 29 heavy (non-hydrogen) atoms. The molecule has 6 heteroatoms. The summed E-state index contributed by atoms with van der Waals surface area (Å²) in [4.78, 5) is 27.4. The number of fused-ring (bicyclic) bond motifs is 2. The summed E-state index contributed by atoms with van der Waals surface area (Å²) >= 11 is 0. The lowest BCUT2D eigenvalue weighted by molar-refractivity contribution is 0.102. The summed E-state index contributed by atoms with van der Waals surface area (Å²) in [6.45, 7) is 4.35. The molecule has 0 spiro atoms. The van der Waals surface area contributed by atoms with Gasteiger partial charge in [0.25, 0.3) is 5.91 Å². The van der Waals surface area contributed by atoms with E-state index in [-0.39, 0.29) is 5.91 Å². The standard InChI is InChI=1S/C23H23N5O/c1-15-4-3-9-28(15)14-19-11-18-13-25-22(12-21(18)26-19)27-23(29)17-6-7-20-16(10-17)5-2-8-24-20/h2,5-8,10-13,15,26H,3-4,9,14H2,1H3,(H,25,27,29). The lowest BCUT2D eigenvalue weighted by atomic mass is 10.1. The molecule has 1 saturated heterocycles. The van der Waals surface area contributed by atoms with E-state index in [0.29, 0.717) is 17.4 Å². The van der Waals surface area contributed by atoms with Crippen molar-refractivity contribution in [2.45, 2.75) is 32.4 Å². The molecule has 0 saturated carbocycles. The van der Waals surface area contributed by atoms with Crippen LogP contribution >= 0.6 is 0 Å². The number of hydrogen-bond donors (Lipinski definition) is 2. The molecule has 3 aromatic heterocycles. The van der Waals surface area contributed by atoms with Gasteiger partial charge in [-0.05, 0) is 56.6 Å². The van der Waals surface area contributed by atoms with Crippen LogP contribution in [-0.2, 0) is 6.54 Å². The lowest BCUT2D eigenvalue weighted by Crippen LogP contribution is -2.26. The molecule has 6 nitrogen and oxygen atoms in total. The fourth-order valence-electron chi connectivity index (χ4n) is 4.09. The summed E-state index contributed by atoms with van der Waals surface area (Å²) in [7, 11) is 0. The average molecular weight is 385 g/mol. The smallest absolute Gasteiger partial charge is 0.256 e. The van der Waals surface area contributed by atoms with Crippen molar-refractivity contribution in [3.8, 4) is 0 Å². The monoisotopic (exact) mass is 385 g/mol. The van der Waals surface area contributed by atoms with Crippen LogP contribution in [0.5, 0.6) is 0 Å². The van der Waals surface area contributed by atoms with Gasteiger partial charge in [0.05, 0.1) is 11.0 Å². The van der Waals surface area contributed by atoms with E-state index < -0.39 is 0 Å². The van der Waals surface area contributed by atoms with Crippen molar-refractivity contribution in [1.29, 1.82) is 0 Å². The van der Waals surface area contributed by atoms with E-state index in [2.05, 4.69) is 38.2 Å². The molecule has 4 aromatic rings. The second-order valence-corrected chi connectivity index (χ2v) is 7.78. The van der Waals surface area contributed by atoms with Gasteiger partial charge in [0, 0.05) is 53.1 Å². The third-order valence-electron chi connectivity index (χ3n) is 5.73. The van der Waals surface area contributed by atoms with Crippen LogP contribution in [0.15, 0.2) is 54.9 Å². The maximum absolute atomic E-state index is 12.7. The van der Waals surface area contributed by atoms with Crippen LogP contribution < -0.4 is 5.32 Å². The molecule has 2 N–H and O–H groups in total. The third-order valence-corrected chi connectivity index (χ3v) is 5.73. The molecule has 0 bridgehead atoms. The molecular formula is C23H23N5O. The van der Waals surface area contributed by atoms with Gasteiger partial charge in [-0.25, -0.2) is 4.98 Å². The summed E-state index contributed by atoms with van der Waals surface area (Å²) in [6.07, 6.45) is 6.09. The molecule has 1 aromatic carbocycles. The van der Waals surface area contributed by atoms with Gasteiger partial charge in [0.2, 0.25) is 0 Å². The minimum atomic E-state index is -0.180. The van der Waals surface area contributed by atoms with Crippen molar-refractivity contribution in [1.82, 2.24) is 19.9 Å². The molecule has 5 rings (SSSR count). The maximum Gasteiger partial charge on any atom is 0.256 e. The number of rotatable bonds is 4. The highest BCUT2D eigenvalue weighted by atomic mass is 16.1. The molecule has 1 atom stereocenters. The van der Waals surface area contributed by atoms with Gasteiger partial charge in [0.1, 0.15) is 5.82 Å². The summed E-state index contributed by atoms with van der Waals surface area (Å²) in [6, 6.07) is 14.0. The molecule has 1 aliphatic heterocycles. The van der Waals surface area contributed by atoms with Gasteiger partial charge in [-0.2, -0.15) is 0 Å². The number of likely N-dealkylation sites (tertiary alicyclic amines) is 1. The van der Waals surface area contributed by atoms with Crippen LogP contribution in [0.3, 0.4) is 0 Å². The summed E-state index contributed by atoms with van der Waals surface area (Å²) in [5.74, 6) is 0.358. The molecule has 146 valence electrons. The zero-order valence-electron chi connectivity index (χ0n) is 16.4. The molecule has 1 unspecified atom stereocenters. The van der Waals surface area contributed by atoms with E-state index in [1.807, 2.05) is 36.5 Å². The predicted octanol–water partition coefficient (Wildman–Crippen LogP) is 4.35. The van der Waals surface area contributed by atoms with Crippen molar-refractivity contribution in [3.05, 3.63) is 66.1 Å². The van der Waals surface area contributed by atoms with Gasteiger partial charge in [-0.3, -0.25) is 14.7 Å². The van der Waals surface area contributed by atoms with Crippen LogP contribution in [0.4, 0.5) is 5.82 Å². The third kappa shape index (κ3) is 3.59. The second kappa shape index (κ2) is 7.29. The fourth-order valence-corrected chi connectivity index (χ4v) is 4.09. The molecule has 0 aliphatic carbocycles. The van der Waals surface area contributed by atoms with Crippen LogP contribution in [0.25, 0.3) is 21.8 Å². The summed E-state index contributed by atoms with van der Waals surface area (Å²) in [5, 5.41) is 4.90. The molecule has 1 fully saturated rings. The number of aromatic nitrogens is 3. The Bertz CT molecular complexity index is 1200. The first-order valence-corrected chi connectivity index (χ1v) is 10.0. The predicted molar refractivity (Wildman–Crippen MR) is 115 cm³/mol. The van der Waals surface area contributed by atoms with E-state index in [4.69, 9.17) is 0 Å². The molecular weight excluding hydrogens is 362 g/mol. The Kier molecular flexibility index (Phi) is 4.48. The topological polar surface area (TPSA) is 73.9 Å². The normalized spacial score (nSPS) is 17.2. The Morgan fingerprint density at radius 3 is 3.00 bits per heavy atom. The van der Waals surface area contributed by atoms with Crippen LogP contribution in [0.1, 0.15) is 35.8 Å². The zero-order chi connectivity index (χ0) is 19.8. The first-order valence-electron chi connectivity index (χ1n) is 10.0. The van der Waals surface area contributed by atoms with Crippen molar-refractivity contribution in [3.63, 3.8) is 0 Å². The summed E-state index contributed by atoms with van der Waals surface area (Å²) < 4.78 is 0. The first kappa shape index (κ1) is 17.8. The van der Waals surface area contributed by atoms with Crippen LogP contribution in [-0.4, -0.2) is 38.3 Å². The summed E-state index contributed by atoms with van der Waals surface area (Å²) in [5.41, 5.74) is 3.62. The van der Waals surface area contributed by atoms with Crippen LogP contribution in [0.2, 0.25) is 0 Å². The number of H-pyrrole nitrogens is 1. The number of anilines is 1. The van der Waals surface area contributed by atoms with Crippen molar-refractivity contribution >= 4 is 33.5 Å². The van der Waals surface area contributed by atoms with E-state index >= 15 is 0 Å². The van der Waals surface area contributed by atoms with Crippen molar-refractivity contribution < 1.29 is 4.79 Å². The van der Waals surface area contributed by atoms with Gasteiger partial charge < -0.3 is 10.3 Å². The van der Waals surface area contributed by atoms with E-state index in [1.54, 1.807) is 12.3 Å². The Balaban J connectivity index is 1.34. The number of amides is 1. The molecule has 1 aliphatic rings. The quantitative estimate of drug-likeness (QED) is 0.548. The largest absolute Gasteiger partial charge is 0.357 e. The number of benzene rings is 1. The fraction of sp³-hybridized carbons (Fsp3) is 0.261. The highest BCUT2D eigenvalue weighted by Crippen LogP contribution is 2.23. The highest BCUT2D eigenvalue weighted by Gasteiger charge is 2.20. The second-order valence-electron chi connectivity index (χ2n) is 7.78. The van der Waals surface area contributed by atoms with E-state index in [1.165, 1.54) is 18.5 Å². The number of nitrogens with zero attached hydrogens (tertiary/aromatic N) is 3. The molecule has 4 heterocycles. The first-order chi connectivity index (χ1) is 14.2. The Morgan fingerprint density at radius 1 is 1.21 bits per heavy atom. The Hall–Kier alpha value is -3.25. The molecule has 0 radical (unpaired) electrons. The number of hydrogen-bond acceptors (Lipinski definition) is 4. The average Bonchev–Trinajstić information content (AvgIpc) is 3.33. The van der Waals surface area contributed by atoms with Crippen molar-refractivity contribution in [2.75, 3.05) is 11.9 Å². The zero-order valence-corrected chi connectivity index (χ0v) is 16.4. The minimum absolute atomic E-state index is 0.180. The van der Waals surface area contributed by atoms with Gasteiger partial charge in [-0.1, -0.05) is 6.07 Å². The number of aromatic amines is 1. The highest BCUT2D eigenvalue weighted by molar-refractivity contribution is 6.06. The van der Waals surface area contributed by atoms with Gasteiger partial charge in [-0.15, -0.1) is 0 Å². The Morgan fingerprint density at radius 2 is 2.14 bits per heavy atom.